The summed E-state index contributed by atoms with van der Waals surface area (Å²) in [6, 6.07) is 20.0. The van der Waals surface area contributed by atoms with E-state index >= 15 is 0 Å². The molecule has 0 nitrogen and oxygen atoms in total. The van der Waals surface area contributed by atoms with E-state index in [0.717, 1.165) is 11.1 Å². The van der Waals surface area contributed by atoms with Gasteiger partial charge in [-0.2, -0.15) is 0 Å². The molecule has 0 fully saturated rings. The van der Waals surface area contributed by atoms with Crippen LogP contribution in [0, 0.1) is 18.9 Å². The van der Waals surface area contributed by atoms with Crippen LogP contribution < -0.4 is 0 Å². The van der Waals surface area contributed by atoms with Crippen molar-refractivity contribution >= 4 is 0 Å². The van der Waals surface area contributed by atoms with Crippen molar-refractivity contribution in [2.75, 3.05) is 0 Å². The van der Waals surface area contributed by atoms with Crippen molar-refractivity contribution in [3.05, 3.63) is 84.4 Å². The Labute approximate surface area is 109 Å². The van der Waals surface area contributed by atoms with Gasteiger partial charge >= 0.3 is 0 Å². The lowest BCUT2D eigenvalue weighted by Crippen LogP contribution is -2.24. The maximum Gasteiger partial charge on any atom is 0.0500 e. The summed E-state index contributed by atoms with van der Waals surface area (Å²) < 4.78 is 0. The Balaban J connectivity index is 2.62. The number of hydrogen-bond donors (Lipinski definition) is 0. The van der Waals surface area contributed by atoms with Gasteiger partial charge in [-0.1, -0.05) is 66.7 Å². The average Bonchev–Trinajstić information content (AvgIpc) is 2.47. The molecule has 0 saturated heterocycles. The summed E-state index contributed by atoms with van der Waals surface area (Å²) in [7, 11) is 0. The topological polar surface area (TPSA) is 0 Å². The van der Waals surface area contributed by atoms with E-state index in [4.69, 9.17) is 13.0 Å². The third-order valence-corrected chi connectivity index (χ3v) is 3.21. The summed E-state index contributed by atoms with van der Waals surface area (Å²) in [5.41, 5.74) is 1.60. The SMILES string of the molecule is [C]=CC(CC#C)(c1ccccc1)c1ccccc1. The number of allylic oxidation sites excluding steroid dienone is 1. The van der Waals surface area contributed by atoms with Gasteiger partial charge in [-0.3, -0.25) is 0 Å². The minimum absolute atomic E-state index is 0.491. The summed E-state index contributed by atoms with van der Waals surface area (Å²) in [6.07, 6.45) is 7.46. The lowest BCUT2D eigenvalue weighted by atomic mass is 9.72. The van der Waals surface area contributed by atoms with E-state index in [9.17, 15) is 0 Å². The zero-order valence-corrected chi connectivity index (χ0v) is 10.1. The second-order valence-corrected chi connectivity index (χ2v) is 4.23. The minimum atomic E-state index is -0.517. The molecule has 86 valence electrons. The average molecular weight is 230 g/mol. The van der Waals surface area contributed by atoms with Crippen molar-refractivity contribution in [3.8, 4) is 12.3 Å². The van der Waals surface area contributed by atoms with Gasteiger partial charge in [0.1, 0.15) is 0 Å². The van der Waals surface area contributed by atoms with Gasteiger partial charge in [-0.15, -0.1) is 12.3 Å². The van der Waals surface area contributed by atoms with Gasteiger partial charge in [0, 0.05) is 11.8 Å². The van der Waals surface area contributed by atoms with E-state index in [2.05, 4.69) is 5.92 Å². The van der Waals surface area contributed by atoms with Gasteiger partial charge in [-0.05, 0) is 17.7 Å². The predicted octanol–water partition coefficient (Wildman–Crippen LogP) is 3.86. The zero-order chi connectivity index (χ0) is 12.8. The molecular formula is C18H14. The fourth-order valence-corrected chi connectivity index (χ4v) is 2.22. The van der Waals surface area contributed by atoms with Crippen LogP contribution in [0.25, 0.3) is 0 Å². The maximum atomic E-state index is 7.87. The highest BCUT2D eigenvalue weighted by Gasteiger charge is 2.29. The molecule has 0 unspecified atom stereocenters. The molecule has 0 N–H and O–H groups in total. The van der Waals surface area contributed by atoms with Crippen LogP contribution in [0.2, 0.25) is 0 Å². The molecule has 2 aromatic rings. The zero-order valence-electron chi connectivity index (χ0n) is 10.1. The molecule has 0 aliphatic carbocycles. The fraction of sp³-hybridized carbons (Fsp3) is 0.111. The summed E-state index contributed by atoms with van der Waals surface area (Å²) in [5, 5.41) is 0. The van der Waals surface area contributed by atoms with Crippen LogP contribution in [0.15, 0.2) is 66.7 Å². The Morgan fingerprint density at radius 2 is 1.39 bits per heavy atom. The largest absolute Gasteiger partial charge is 0.120 e. The van der Waals surface area contributed by atoms with Crippen LogP contribution in [-0.2, 0) is 5.41 Å². The second-order valence-electron chi connectivity index (χ2n) is 4.23. The van der Waals surface area contributed by atoms with Crippen LogP contribution in [0.5, 0.6) is 0 Å². The summed E-state index contributed by atoms with van der Waals surface area (Å²) in [6.45, 7) is 7.87. The van der Waals surface area contributed by atoms with E-state index in [-0.39, 0.29) is 0 Å². The Morgan fingerprint density at radius 1 is 0.944 bits per heavy atom. The first-order valence-electron chi connectivity index (χ1n) is 5.89. The van der Waals surface area contributed by atoms with Crippen LogP contribution in [0.1, 0.15) is 17.5 Å². The molecule has 0 spiro atoms. The molecule has 2 aromatic carbocycles. The van der Waals surface area contributed by atoms with Crippen LogP contribution in [0.3, 0.4) is 0 Å². The first-order valence-corrected chi connectivity index (χ1v) is 5.89. The van der Waals surface area contributed by atoms with Crippen LogP contribution in [-0.4, -0.2) is 0 Å². The van der Waals surface area contributed by atoms with Gasteiger partial charge in [0.2, 0.25) is 0 Å². The highest BCUT2D eigenvalue weighted by atomic mass is 14.3. The predicted molar refractivity (Wildman–Crippen MR) is 74.9 cm³/mol. The molecule has 0 heteroatoms. The summed E-state index contributed by atoms with van der Waals surface area (Å²) in [5.74, 6) is 2.71. The first kappa shape index (κ1) is 12.2. The monoisotopic (exact) mass is 230 g/mol. The molecule has 0 heterocycles. The van der Waals surface area contributed by atoms with Crippen molar-refractivity contribution in [1.82, 2.24) is 0 Å². The Kier molecular flexibility index (Phi) is 3.65. The maximum absolute atomic E-state index is 7.87. The Bertz CT molecular complexity index is 504. The molecule has 0 bridgehead atoms. The summed E-state index contributed by atoms with van der Waals surface area (Å²) >= 11 is 0. The first-order chi connectivity index (χ1) is 8.83. The van der Waals surface area contributed by atoms with Crippen molar-refractivity contribution in [2.24, 2.45) is 0 Å². The number of benzene rings is 2. The van der Waals surface area contributed by atoms with Gasteiger partial charge in [0.25, 0.3) is 0 Å². The van der Waals surface area contributed by atoms with Gasteiger partial charge in [0.05, 0.1) is 0 Å². The van der Waals surface area contributed by atoms with Crippen molar-refractivity contribution in [2.45, 2.75) is 11.8 Å². The van der Waals surface area contributed by atoms with Crippen LogP contribution >= 0.6 is 0 Å². The van der Waals surface area contributed by atoms with Crippen molar-refractivity contribution in [1.29, 1.82) is 0 Å². The fourth-order valence-electron chi connectivity index (χ4n) is 2.22. The molecule has 2 rings (SSSR count). The highest BCUT2D eigenvalue weighted by Crippen LogP contribution is 2.36. The lowest BCUT2D eigenvalue weighted by molar-refractivity contribution is 0.666. The Morgan fingerprint density at radius 3 is 1.72 bits per heavy atom. The van der Waals surface area contributed by atoms with Gasteiger partial charge in [0.15, 0.2) is 0 Å². The van der Waals surface area contributed by atoms with E-state index in [1.165, 1.54) is 6.08 Å². The third-order valence-electron chi connectivity index (χ3n) is 3.21. The molecule has 0 aliphatic heterocycles. The van der Waals surface area contributed by atoms with Crippen LogP contribution in [0.4, 0.5) is 0 Å². The third kappa shape index (κ3) is 2.08. The normalized spacial score (nSPS) is 10.6. The lowest BCUT2D eigenvalue weighted by Gasteiger charge is -2.29. The second kappa shape index (κ2) is 5.38. The molecule has 0 aliphatic rings. The highest BCUT2D eigenvalue weighted by molar-refractivity contribution is 5.44. The number of rotatable bonds is 4. The molecule has 0 aromatic heterocycles. The van der Waals surface area contributed by atoms with E-state index in [1.807, 2.05) is 60.7 Å². The molecule has 18 heavy (non-hydrogen) atoms. The molecule has 2 radical (unpaired) electrons. The molecular weight excluding hydrogens is 216 g/mol. The van der Waals surface area contributed by atoms with Crippen molar-refractivity contribution in [3.63, 3.8) is 0 Å². The van der Waals surface area contributed by atoms with Crippen molar-refractivity contribution < 1.29 is 0 Å². The Hall–Kier alpha value is -2.26. The smallest absolute Gasteiger partial charge is 0.0500 e. The number of hydrogen-bond acceptors (Lipinski definition) is 0. The standard InChI is InChI=1S/C18H14/c1-3-15-18(4-2,16-11-7-5-8-12-16)17-13-9-6-10-14-17/h1,4-14H,15H2. The minimum Gasteiger partial charge on any atom is -0.120 e. The van der Waals surface area contributed by atoms with E-state index in [0.29, 0.717) is 6.42 Å². The molecule has 0 saturated carbocycles. The quantitative estimate of drug-likeness (QED) is 0.700. The summed E-state index contributed by atoms with van der Waals surface area (Å²) in [4.78, 5) is 0. The van der Waals surface area contributed by atoms with Gasteiger partial charge < -0.3 is 0 Å². The molecule has 0 amide bonds. The molecule has 0 atom stereocenters. The van der Waals surface area contributed by atoms with E-state index < -0.39 is 5.41 Å². The van der Waals surface area contributed by atoms with Gasteiger partial charge in [-0.25, -0.2) is 0 Å². The number of terminal acetylenes is 1. The van der Waals surface area contributed by atoms with E-state index in [1.54, 1.807) is 0 Å².